The fraction of sp³-hybridized carbons (Fsp3) is 0.695. The second-order valence-electron chi connectivity index (χ2n) is 31.5. The standard InChI is InChI=1S/C82H133N15O20/c1-12-14-15-21-27-40-64(102)114-68-66-65(51(6)67(68)115-76(109)50(5)13-2)69-82(112,81(11,111)77(110)116-69)61(47-80(66,10)117-54(9)99)113-63(101)39-28-22-19-17-16-18-20-23-31-42-88-71(104)59(45-49(3)4)97-74(107)58(38-33-44-90-79(86)87)94-73(106)57(37-32-43-89-78(84)85)95-75(108)60(46-55-34-25-24-26-35-55)96-70(103)52(7)92-72(105)56(36-29-30-41-83)93-62(100)48-91-53(8)98/h13,24-26,34-35,49,52,56-61,66-69,111-112H,12,14-23,27-33,36-48,83H2,1-11H3,(H,88,104)(H,91,98)(H,92,105)(H,93,100)(H,94,106)(H,95,108)(H,96,103)(H,97,107)(H4,84,85,89)(H4,86,87,90)/b50-13-/t52-,56-,57-,58-,59-,60-,61-,66+,67-,68-,69-,80-,81+,82+/m0/s1. The summed E-state index contributed by atoms with van der Waals surface area (Å²) in [6.45, 7) is 17.2. The number of nitrogens with two attached hydrogens (primary N) is 5. The van der Waals surface area contributed by atoms with Gasteiger partial charge in [0.25, 0.3) is 0 Å². The van der Waals surface area contributed by atoms with Crippen molar-refractivity contribution < 1.29 is 96.2 Å². The molecule has 1 heterocycles. The Bertz CT molecular complexity index is 3620. The molecule has 4 rings (SSSR count). The van der Waals surface area contributed by atoms with Gasteiger partial charge in [-0.3, -0.25) is 62.7 Å². The number of nitrogens with one attached hydrogen (secondary N) is 8. The third kappa shape index (κ3) is 32.2. The Kier molecular flexibility index (Phi) is 42.6. The van der Waals surface area contributed by atoms with Crippen molar-refractivity contribution in [1.82, 2.24) is 42.5 Å². The third-order valence-electron chi connectivity index (χ3n) is 21.2. The van der Waals surface area contributed by atoms with Gasteiger partial charge in [-0.15, -0.1) is 0 Å². The van der Waals surface area contributed by atoms with E-state index >= 15 is 0 Å². The number of aliphatic imine (C=N–C) groups is 2. The van der Waals surface area contributed by atoms with Gasteiger partial charge in [-0.1, -0.05) is 128 Å². The zero-order chi connectivity index (χ0) is 87.2. The summed E-state index contributed by atoms with van der Waals surface area (Å²) < 4.78 is 30.2. The average molecular weight is 1650 g/mol. The summed E-state index contributed by atoms with van der Waals surface area (Å²) in [5.41, 5.74) is 22.1. The van der Waals surface area contributed by atoms with Gasteiger partial charge < -0.3 is 105 Å². The zero-order valence-electron chi connectivity index (χ0n) is 70.3. The van der Waals surface area contributed by atoms with Crippen LogP contribution in [0.25, 0.3) is 0 Å². The van der Waals surface area contributed by atoms with E-state index in [0.29, 0.717) is 57.2 Å². The lowest BCUT2D eigenvalue weighted by molar-refractivity contribution is -0.212. The Hall–Kier alpha value is -9.77. The Morgan fingerprint density at radius 3 is 1.64 bits per heavy atom. The topological polar surface area (TPSA) is 560 Å². The molecule has 0 bridgehead atoms. The molecule has 8 amide bonds. The van der Waals surface area contributed by atoms with Crippen molar-refractivity contribution in [2.24, 2.45) is 50.5 Å². The molecule has 0 unspecified atom stereocenters. The maximum atomic E-state index is 14.6. The summed E-state index contributed by atoms with van der Waals surface area (Å²) in [4.78, 5) is 186. The SMILES string of the molecule is C/C=C(/C)C(=O)O[C@H]1C(C)=C2[C@H]([C@@H]1OC(=O)CCCCCCC)[C@@](C)(OC(C)=O)C[C@H](OC(=O)CCCCCCCCCCCNC(=O)[C@H](CC(C)C)NC(=O)[C@H](CCCN=C(N)N)NC(=O)[C@H](CCCN=C(N)N)NC(=O)[C@H](Cc1ccccc1)NC(=O)[C@H](C)NC(=O)[C@H](CCCCN)NC(=O)CNC(C)=O)[C@@]1(O)[C@H]2OC(=O)[C@@]1(C)O. The van der Waals surface area contributed by atoms with Crippen LogP contribution in [-0.4, -0.2) is 209 Å². The molecule has 1 saturated carbocycles. The van der Waals surface area contributed by atoms with Gasteiger partial charge in [0.05, 0.1) is 12.5 Å². The predicted molar refractivity (Wildman–Crippen MR) is 436 cm³/mol. The summed E-state index contributed by atoms with van der Waals surface area (Å²) in [5, 5.41) is 46.5. The van der Waals surface area contributed by atoms with Gasteiger partial charge >= 0.3 is 29.8 Å². The van der Waals surface area contributed by atoms with Crippen molar-refractivity contribution in [2.45, 2.75) is 321 Å². The van der Waals surface area contributed by atoms with E-state index in [-0.39, 0.29) is 105 Å². The van der Waals surface area contributed by atoms with Crippen molar-refractivity contribution in [2.75, 3.05) is 32.7 Å². The second-order valence-corrected chi connectivity index (χ2v) is 31.5. The molecule has 1 aromatic carbocycles. The van der Waals surface area contributed by atoms with Gasteiger partial charge in [0, 0.05) is 64.7 Å². The largest absolute Gasteiger partial charge is 0.459 e. The minimum Gasteiger partial charge on any atom is -0.459 e. The van der Waals surface area contributed by atoms with Crippen LogP contribution in [0.1, 0.15) is 242 Å². The first-order valence-electron chi connectivity index (χ1n) is 41.3. The summed E-state index contributed by atoms with van der Waals surface area (Å²) in [7, 11) is 0. The van der Waals surface area contributed by atoms with E-state index in [0.717, 1.165) is 78.1 Å². The molecular weight excluding hydrogens is 1510 g/mol. The van der Waals surface area contributed by atoms with E-state index in [9.17, 15) is 72.5 Å². The van der Waals surface area contributed by atoms with Gasteiger partial charge in [-0.2, -0.15) is 0 Å². The maximum Gasteiger partial charge on any atom is 0.341 e. The molecular formula is C82H133N15O20. The summed E-state index contributed by atoms with van der Waals surface area (Å²) in [5.74, 6) is -11.3. The lowest BCUT2D eigenvalue weighted by atomic mass is 9.75. The van der Waals surface area contributed by atoms with Crippen molar-refractivity contribution in [3.8, 4) is 0 Å². The Morgan fingerprint density at radius 1 is 0.607 bits per heavy atom. The molecule has 1 aliphatic heterocycles. The maximum absolute atomic E-state index is 14.6. The smallest absolute Gasteiger partial charge is 0.341 e. The Morgan fingerprint density at radius 2 is 1.11 bits per heavy atom. The van der Waals surface area contributed by atoms with Gasteiger partial charge in [0.1, 0.15) is 48.0 Å². The van der Waals surface area contributed by atoms with Gasteiger partial charge in [-0.05, 0) is 141 Å². The number of hydrogen-bond acceptors (Lipinski definition) is 23. The number of rotatable bonds is 53. The molecule has 3 aliphatic rings. The van der Waals surface area contributed by atoms with Crippen LogP contribution in [-0.2, 0) is 92.4 Å². The molecule has 35 heteroatoms. The highest BCUT2D eigenvalue weighted by Crippen LogP contribution is 2.58. The molecule has 1 aromatic rings. The van der Waals surface area contributed by atoms with Crippen LogP contribution >= 0.6 is 0 Å². The van der Waals surface area contributed by atoms with Crippen molar-refractivity contribution in [3.05, 3.63) is 58.7 Å². The first-order chi connectivity index (χ1) is 55.3. The first kappa shape index (κ1) is 99.6. The lowest BCUT2D eigenvalue weighted by Crippen LogP contribution is -2.64. The number of ether oxygens (including phenoxy) is 5. The van der Waals surface area contributed by atoms with Crippen molar-refractivity contribution in [1.29, 1.82) is 0 Å². The molecule has 0 spiro atoms. The molecule has 20 N–H and O–H groups in total. The van der Waals surface area contributed by atoms with Crippen LogP contribution in [0.15, 0.2) is 63.1 Å². The number of nitrogens with zero attached hydrogens (tertiary/aromatic N) is 2. The first-order valence-corrected chi connectivity index (χ1v) is 41.3. The second kappa shape index (κ2) is 50.1. The number of carbonyl (C=O) groups is 13. The van der Waals surface area contributed by atoms with Crippen LogP contribution in [0.2, 0.25) is 0 Å². The van der Waals surface area contributed by atoms with E-state index in [1.54, 1.807) is 44.2 Å². The van der Waals surface area contributed by atoms with E-state index < -0.39 is 173 Å². The van der Waals surface area contributed by atoms with E-state index in [1.165, 1.54) is 33.8 Å². The number of aliphatic hydroxyl groups is 2. The van der Waals surface area contributed by atoms with E-state index in [1.807, 2.05) is 13.8 Å². The number of unbranched alkanes of at least 4 members (excludes halogenated alkanes) is 13. The Balaban J connectivity index is 1.39. The fourth-order valence-electron chi connectivity index (χ4n) is 14.7. The van der Waals surface area contributed by atoms with Crippen LogP contribution in [0.5, 0.6) is 0 Å². The van der Waals surface area contributed by atoms with Crippen LogP contribution < -0.4 is 71.2 Å². The molecule has 14 atom stereocenters. The van der Waals surface area contributed by atoms with Gasteiger partial charge in [0.2, 0.25) is 47.3 Å². The highest BCUT2D eigenvalue weighted by molar-refractivity contribution is 5.98. The number of benzene rings is 1. The number of esters is 5. The monoisotopic (exact) mass is 1650 g/mol. The van der Waals surface area contributed by atoms with Crippen molar-refractivity contribution >= 4 is 89.0 Å². The summed E-state index contributed by atoms with van der Waals surface area (Å²) in [6.07, 6.45) is 6.92. The molecule has 656 valence electrons. The highest BCUT2D eigenvalue weighted by Gasteiger charge is 2.76. The molecule has 2 aliphatic carbocycles. The summed E-state index contributed by atoms with van der Waals surface area (Å²) >= 11 is 0. The number of hydrogen-bond donors (Lipinski definition) is 15. The lowest BCUT2D eigenvalue weighted by Gasteiger charge is -2.41. The Labute approximate surface area is 687 Å². The molecule has 117 heavy (non-hydrogen) atoms. The number of fused-ring (bicyclic) bond motifs is 3. The number of allylic oxidation sites excluding steroid dienone is 1. The predicted octanol–water partition coefficient (Wildman–Crippen LogP) is 2.73. The normalized spacial score (nSPS) is 21.6. The van der Waals surface area contributed by atoms with Crippen LogP contribution in [0.3, 0.4) is 0 Å². The van der Waals surface area contributed by atoms with Gasteiger partial charge in [0.15, 0.2) is 41.4 Å². The quantitative estimate of drug-likeness (QED) is 0.00848. The molecule has 0 radical (unpaired) electrons. The molecule has 1 saturated heterocycles. The minimum absolute atomic E-state index is 0.0132. The van der Waals surface area contributed by atoms with Crippen LogP contribution in [0, 0.1) is 11.8 Å². The third-order valence-corrected chi connectivity index (χ3v) is 21.2. The highest BCUT2D eigenvalue weighted by atomic mass is 16.6. The van der Waals surface area contributed by atoms with E-state index in [2.05, 4.69) is 59.4 Å². The zero-order valence-corrected chi connectivity index (χ0v) is 70.3. The van der Waals surface area contributed by atoms with Crippen LogP contribution in [0.4, 0.5) is 0 Å². The van der Waals surface area contributed by atoms with E-state index in [4.69, 9.17) is 52.4 Å². The molecule has 0 aromatic heterocycles. The minimum atomic E-state index is -2.70. The summed E-state index contributed by atoms with van der Waals surface area (Å²) in [6, 6.07) is 1.23. The van der Waals surface area contributed by atoms with Gasteiger partial charge in [-0.25, -0.2) is 9.59 Å². The number of amides is 8. The number of carbonyl (C=O) groups excluding carboxylic acids is 13. The average Bonchev–Trinajstić information content (AvgIpc) is 1.52. The molecule has 2 fully saturated rings. The molecule has 35 nitrogen and oxygen atoms in total. The number of guanidine groups is 2. The fourth-order valence-corrected chi connectivity index (χ4v) is 14.7. The van der Waals surface area contributed by atoms with Crippen molar-refractivity contribution in [3.63, 3.8) is 0 Å².